The van der Waals surface area contributed by atoms with Gasteiger partial charge in [0, 0.05) is 32.7 Å². The minimum Gasteiger partial charge on any atom is -0.497 e. The third kappa shape index (κ3) is 6.34. The molecule has 29 heavy (non-hydrogen) atoms. The van der Waals surface area contributed by atoms with E-state index in [4.69, 9.17) is 9.47 Å². The van der Waals surface area contributed by atoms with Gasteiger partial charge in [-0.15, -0.1) is 0 Å². The molecule has 0 unspecified atom stereocenters. The van der Waals surface area contributed by atoms with E-state index in [-0.39, 0.29) is 5.91 Å². The number of ether oxygens (including phenoxy) is 2. The minimum absolute atomic E-state index is 0.0234. The van der Waals surface area contributed by atoms with Crippen LogP contribution in [0, 0.1) is 11.3 Å². The Kier molecular flexibility index (Phi) is 7.73. The fourth-order valence-electron chi connectivity index (χ4n) is 4.07. The zero-order valence-corrected chi connectivity index (χ0v) is 17.4. The molecule has 0 bridgehead atoms. The summed E-state index contributed by atoms with van der Waals surface area (Å²) in [5, 5.41) is 12.5. The summed E-state index contributed by atoms with van der Waals surface area (Å²) in [6.45, 7) is 5.43. The number of nitrogens with one attached hydrogen (secondary N) is 1. The van der Waals surface area contributed by atoms with Gasteiger partial charge in [0.05, 0.1) is 19.7 Å². The Morgan fingerprint density at radius 2 is 1.69 bits per heavy atom. The number of methoxy groups -OCH3 is 1. The topological polar surface area (TPSA) is 77.8 Å². The van der Waals surface area contributed by atoms with Crippen LogP contribution in [-0.2, 0) is 4.79 Å². The summed E-state index contributed by atoms with van der Waals surface area (Å²) >= 11 is 0. The van der Waals surface area contributed by atoms with Crippen LogP contribution in [0.15, 0.2) is 24.3 Å². The van der Waals surface area contributed by atoms with E-state index in [1.54, 1.807) is 7.11 Å². The highest BCUT2D eigenvalue weighted by atomic mass is 16.5. The highest BCUT2D eigenvalue weighted by Gasteiger charge is 2.34. The Bertz CT molecular complexity index is 687. The molecule has 7 nitrogen and oxygen atoms in total. The molecule has 3 rings (SSSR count). The molecule has 7 heteroatoms. The van der Waals surface area contributed by atoms with Crippen molar-refractivity contribution in [3.05, 3.63) is 24.3 Å². The molecule has 0 spiro atoms. The van der Waals surface area contributed by atoms with Crippen LogP contribution in [0.25, 0.3) is 0 Å². The third-order valence-corrected chi connectivity index (χ3v) is 5.87. The van der Waals surface area contributed by atoms with Gasteiger partial charge in [-0.05, 0) is 37.1 Å². The van der Waals surface area contributed by atoms with Gasteiger partial charge in [0.15, 0.2) is 0 Å². The normalized spacial score (nSPS) is 19.9. The molecule has 0 aromatic heterocycles. The lowest BCUT2D eigenvalue weighted by Crippen LogP contribution is -2.54. The predicted octanol–water partition coefficient (Wildman–Crippen LogP) is 2.03. The molecule has 2 fully saturated rings. The number of benzene rings is 1. The molecule has 1 heterocycles. The fraction of sp³-hybridized carbons (Fsp3) is 0.636. The second kappa shape index (κ2) is 10.5. The van der Waals surface area contributed by atoms with Crippen molar-refractivity contribution in [1.29, 1.82) is 5.26 Å². The zero-order valence-electron chi connectivity index (χ0n) is 17.4. The Morgan fingerprint density at radius 1 is 1.07 bits per heavy atom. The van der Waals surface area contributed by atoms with Crippen molar-refractivity contribution in [2.45, 2.75) is 37.6 Å². The number of nitriles is 1. The van der Waals surface area contributed by atoms with Crippen molar-refractivity contribution in [2.24, 2.45) is 0 Å². The molecule has 1 aromatic rings. The molecule has 1 N–H and O–H groups in total. The quantitative estimate of drug-likeness (QED) is 0.720. The summed E-state index contributed by atoms with van der Waals surface area (Å²) < 4.78 is 10.9. The second-order valence-corrected chi connectivity index (χ2v) is 7.94. The molecule has 0 atom stereocenters. The molecule has 2 aliphatic rings. The van der Waals surface area contributed by atoms with Gasteiger partial charge in [-0.2, -0.15) is 5.26 Å². The van der Waals surface area contributed by atoms with Crippen molar-refractivity contribution in [1.82, 2.24) is 15.1 Å². The molecule has 0 radical (unpaired) electrons. The number of piperazine rings is 1. The highest BCUT2D eigenvalue weighted by molar-refractivity contribution is 5.79. The van der Waals surface area contributed by atoms with Gasteiger partial charge < -0.3 is 14.8 Å². The minimum atomic E-state index is -0.643. The van der Waals surface area contributed by atoms with E-state index in [1.807, 2.05) is 24.3 Å². The van der Waals surface area contributed by atoms with Gasteiger partial charge >= 0.3 is 0 Å². The van der Waals surface area contributed by atoms with Crippen molar-refractivity contribution in [3.63, 3.8) is 0 Å². The summed E-state index contributed by atoms with van der Waals surface area (Å²) in [5.41, 5.74) is -0.643. The van der Waals surface area contributed by atoms with E-state index in [1.165, 1.54) is 0 Å². The first-order chi connectivity index (χ1) is 14.1. The van der Waals surface area contributed by atoms with Gasteiger partial charge in [-0.1, -0.05) is 19.3 Å². The maximum atomic E-state index is 12.5. The molecule has 1 amide bonds. The largest absolute Gasteiger partial charge is 0.497 e. The number of carbonyl (C=O) groups is 1. The average molecular weight is 401 g/mol. The van der Waals surface area contributed by atoms with E-state index < -0.39 is 5.54 Å². The number of hydrogen-bond acceptors (Lipinski definition) is 6. The lowest BCUT2D eigenvalue weighted by molar-refractivity contribution is -0.124. The van der Waals surface area contributed by atoms with Crippen LogP contribution in [-0.4, -0.2) is 74.2 Å². The highest BCUT2D eigenvalue weighted by Crippen LogP contribution is 2.27. The predicted molar refractivity (Wildman–Crippen MR) is 111 cm³/mol. The van der Waals surface area contributed by atoms with E-state index in [2.05, 4.69) is 21.2 Å². The molecule has 1 aliphatic carbocycles. The molecule has 1 saturated heterocycles. The van der Waals surface area contributed by atoms with Crippen molar-refractivity contribution in [2.75, 3.05) is 53.0 Å². The van der Waals surface area contributed by atoms with Crippen LogP contribution in [0.1, 0.15) is 32.1 Å². The summed E-state index contributed by atoms with van der Waals surface area (Å²) in [7, 11) is 1.65. The van der Waals surface area contributed by atoms with Crippen molar-refractivity contribution in [3.8, 4) is 17.6 Å². The van der Waals surface area contributed by atoms with Crippen LogP contribution in [0.5, 0.6) is 11.5 Å². The lowest BCUT2D eigenvalue weighted by atomic mass is 9.83. The smallest absolute Gasteiger partial charge is 0.235 e. The van der Waals surface area contributed by atoms with Crippen LogP contribution in [0.3, 0.4) is 0 Å². The van der Waals surface area contributed by atoms with Crippen molar-refractivity contribution < 1.29 is 14.3 Å². The zero-order chi connectivity index (χ0) is 20.5. The fourth-order valence-corrected chi connectivity index (χ4v) is 4.07. The first-order valence-corrected chi connectivity index (χ1v) is 10.6. The molecule has 1 saturated carbocycles. The van der Waals surface area contributed by atoms with Crippen LogP contribution in [0.4, 0.5) is 0 Å². The standard InChI is InChI=1S/C22H32N4O3/c1-28-19-5-7-20(8-6-19)29-16-15-25-11-13-26(14-12-25)17-21(27)24-22(18-23)9-3-2-4-10-22/h5-8H,2-4,9-17H2,1H3,(H,24,27). The molecule has 1 aromatic carbocycles. The van der Waals surface area contributed by atoms with Gasteiger partial charge in [0.1, 0.15) is 23.6 Å². The molecule has 158 valence electrons. The summed E-state index contributed by atoms with van der Waals surface area (Å²) in [4.78, 5) is 17.0. The maximum Gasteiger partial charge on any atom is 0.235 e. The number of amides is 1. The van der Waals surface area contributed by atoms with Gasteiger partial charge in [-0.3, -0.25) is 14.6 Å². The van der Waals surface area contributed by atoms with Gasteiger partial charge in [-0.25, -0.2) is 0 Å². The van der Waals surface area contributed by atoms with Crippen LogP contribution >= 0.6 is 0 Å². The number of carbonyl (C=O) groups excluding carboxylic acids is 1. The second-order valence-electron chi connectivity index (χ2n) is 7.94. The number of hydrogen-bond donors (Lipinski definition) is 1. The number of rotatable bonds is 8. The van der Waals surface area contributed by atoms with Gasteiger partial charge in [0.2, 0.25) is 5.91 Å². The third-order valence-electron chi connectivity index (χ3n) is 5.87. The summed E-state index contributed by atoms with van der Waals surface area (Å²) in [6.07, 6.45) is 4.74. The van der Waals surface area contributed by atoms with Crippen molar-refractivity contribution >= 4 is 5.91 Å². The van der Waals surface area contributed by atoms with Gasteiger partial charge in [0.25, 0.3) is 0 Å². The lowest BCUT2D eigenvalue weighted by Gasteiger charge is -2.36. The summed E-state index contributed by atoms with van der Waals surface area (Å²) in [6, 6.07) is 9.96. The van der Waals surface area contributed by atoms with E-state index in [0.29, 0.717) is 13.2 Å². The first-order valence-electron chi connectivity index (χ1n) is 10.6. The Morgan fingerprint density at radius 3 is 2.31 bits per heavy atom. The molecular formula is C22H32N4O3. The van der Waals surface area contributed by atoms with E-state index in [0.717, 1.165) is 76.3 Å². The van der Waals surface area contributed by atoms with E-state index >= 15 is 0 Å². The molecule has 1 aliphatic heterocycles. The monoisotopic (exact) mass is 400 g/mol. The number of nitrogens with zero attached hydrogens (tertiary/aromatic N) is 3. The van der Waals surface area contributed by atoms with E-state index in [9.17, 15) is 10.1 Å². The Hall–Kier alpha value is -2.30. The van der Waals surface area contributed by atoms with Crippen LogP contribution in [0.2, 0.25) is 0 Å². The maximum absolute atomic E-state index is 12.5. The SMILES string of the molecule is COc1ccc(OCCN2CCN(CC(=O)NC3(C#N)CCCCC3)CC2)cc1. The molecular weight excluding hydrogens is 368 g/mol. The average Bonchev–Trinajstić information content (AvgIpc) is 2.76. The first kappa shape index (κ1) is 21.4. The van der Waals surface area contributed by atoms with Crippen LogP contribution < -0.4 is 14.8 Å². The Labute approximate surface area is 173 Å². The Balaban J connectivity index is 1.33. The summed E-state index contributed by atoms with van der Waals surface area (Å²) in [5.74, 6) is 1.64.